The zero-order valence-corrected chi connectivity index (χ0v) is 14.7. The lowest BCUT2D eigenvalue weighted by atomic mass is 10.0. The Labute approximate surface area is 150 Å². The minimum Gasteiger partial charge on any atom is -0.347 e. The summed E-state index contributed by atoms with van der Waals surface area (Å²) >= 11 is 5.92. The van der Waals surface area contributed by atoms with Crippen LogP contribution in [-0.2, 0) is 9.47 Å². The second-order valence-electron chi connectivity index (χ2n) is 6.27. The number of hydrogen-bond donors (Lipinski definition) is 0. The maximum Gasteiger partial charge on any atom is 0.293 e. The first-order chi connectivity index (χ1) is 12.1. The average Bonchev–Trinajstić information content (AvgIpc) is 3.23. The Bertz CT molecular complexity index is 774. The molecule has 7 nitrogen and oxygen atoms in total. The molecule has 0 atom stereocenters. The third kappa shape index (κ3) is 3.15. The van der Waals surface area contributed by atoms with Crippen molar-refractivity contribution in [3.05, 3.63) is 40.9 Å². The van der Waals surface area contributed by atoms with Crippen LogP contribution in [0.3, 0.4) is 0 Å². The molecule has 1 amide bonds. The highest BCUT2D eigenvalue weighted by Gasteiger charge is 2.41. The maximum atomic E-state index is 12.7. The summed E-state index contributed by atoms with van der Waals surface area (Å²) in [4.78, 5) is 18.8. The highest BCUT2D eigenvalue weighted by Crippen LogP contribution is 2.31. The topological polar surface area (TPSA) is 69.5 Å². The Morgan fingerprint density at radius 3 is 2.44 bits per heavy atom. The highest BCUT2D eigenvalue weighted by molar-refractivity contribution is 6.30. The van der Waals surface area contributed by atoms with Gasteiger partial charge in [0.15, 0.2) is 5.79 Å². The monoisotopic (exact) mass is 362 g/mol. The summed E-state index contributed by atoms with van der Waals surface area (Å²) in [6.07, 6.45) is 1.35. The number of ether oxygens (including phenoxy) is 2. The molecule has 2 aromatic rings. The molecule has 1 aromatic carbocycles. The molecule has 132 valence electrons. The van der Waals surface area contributed by atoms with E-state index in [9.17, 15) is 4.79 Å². The predicted octanol–water partition coefficient (Wildman–Crippen LogP) is 2.21. The van der Waals surface area contributed by atoms with Crippen LogP contribution in [0.5, 0.6) is 0 Å². The van der Waals surface area contributed by atoms with Crippen molar-refractivity contribution in [2.24, 2.45) is 0 Å². The predicted molar refractivity (Wildman–Crippen MR) is 90.9 cm³/mol. The SMILES string of the molecule is Cc1nc(C(=O)N2CCC3(CC2)OCCO3)nn1-c1ccc(Cl)cc1. The lowest BCUT2D eigenvalue weighted by Gasteiger charge is -2.37. The van der Waals surface area contributed by atoms with Gasteiger partial charge in [0.1, 0.15) is 5.82 Å². The normalized spacial score (nSPS) is 19.5. The van der Waals surface area contributed by atoms with Gasteiger partial charge in [-0.25, -0.2) is 9.67 Å². The standard InChI is InChI=1S/C17H19ClN4O3/c1-12-19-15(20-22(12)14-4-2-13(18)3-5-14)16(23)21-8-6-17(7-9-21)24-10-11-25-17/h2-5H,6-11H2,1H3. The van der Waals surface area contributed by atoms with Crippen molar-refractivity contribution in [3.63, 3.8) is 0 Å². The number of aryl methyl sites for hydroxylation is 1. The van der Waals surface area contributed by atoms with Crippen LogP contribution in [0.25, 0.3) is 5.69 Å². The third-order valence-corrected chi connectivity index (χ3v) is 4.91. The number of amides is 1. The average molecular weight is 363 g/mol. The first-order valence-corrected chi connectivity index (χ1v) is 8.71. The Kier molecular flexibility index (Phi) is 4.23. The lowest BCUT2D eigenvalue weighted by Crippen LogP contribution is -2.47. The van der Waals surface area contributed by atoms with Crippen LogP contribution in [0, 0.1) is 6.92 Å². The molecule has 0 N–H and O–H groups in total. The van der Waals surface area contributed by atoms with Crippen LogP contribution in [-0.4, -0.2) is 57.7 Å². The summed E-state index contributed by atoms with van der Waals surface area (Å²) in [5.74, 6) is 0.199. The molecule has 0 saturated carbocycles. The fourth-order valence-electron chi connectivity index (χ4n) is 3.29. The molecular weight excluding hydrogens is 344 g/mol. The molecule has 1 aromatic heterocycles. The highest BCUT2D eigenvalue weighted by atomic mass is 35.5. The molecule has 2 aliphatic heterocycles. The van der Waals surface area contributed by atoms with Crippen molar-refractivity contribution in [2.45, 2.75) is 25.6 Å². The van der Waals surface area contributed by atoms with E-state index in [0.29, 0.717) is 50.0 Å². The van der Waals surface area contributed by atoms with Crippen molar-refractivity contribution < 1.29 is 14.3 Å². The molecule has 3 heterocycles. The van der Waals surface area contributed by atoms with Gasteiger partial charge in [0.05, 0.1) is 18.9 Å². The van der Waals surface area contributed by atoms with Gasteiger partial charge in [-0.15, -0.1) is 5.10 Å². The molecule has 0 aliphatic carbocycles. The van der Waals surface area contributed by atoms with Gasteiger partial charge in [0.2, 0.25) is 5.82 Å². The Hall–Kier alpha value is -1.96. The maximum absolute atomic E-state index is 12.7. The molecule has 0 unspecified atom stereocenters. The van der Waals surface area contributed by atoms with E-state index in [4.69, 9.17) is 21.1 Å². The molecule has 0 bridgehead atoms. The first kappa shape index (κ1) is 16.5. The number of carbonyl (C=O) groups excluding carboxylic acids is 1. The number of benzene rings is 1. The van der Waals surface area contributed by atoms with Crippen molar-refractivity contribution in [1.29, 1.82) is 0 Å². The Morgan fingerprint density at radius 2 is 1.80 bits per heavy atom. The van der Waals surface area contributed by atoms with Crippen molar-refractivity contribution in [2.75, 3.05) is 26.3 Å². The fourth-order valence-corrected chi connectivity index (χ4v) is 3.41. The van der Waals surface area contributed by atoms with Crippen molar-refractivity contribution in [3.8, 4) is 5.69 Å². The number of carbonyl (C=O) groups is 1. The Balaban J connectivity index is 1.49. The molecule has 4 rings (SSSR count). The number of aromatic nitrogens is 3. The van der Waals surface area contributed by atoms with E-state index in [-0.39, 0.29) is 11.7 Å². The zero-order valence-electron chi connectivity index (χ0n) is 13.9. The van der Waals surface area contributed by atoms with Gasteiger partial charge in [0, 0.05) is 31.0 Å². The summed E-state index contributed by atoms with van der Waals surface area (Å²) in [7, 11) is 0. The van der Waals surface area contributed by atoms with E-state index in [1.165, 1.54) is 0 Å². The van der Waals surface area contributed by atoms with Crippen molar-refractivity contribution >= 4 is 17.5 Å². The zero-order chi connectivity index (χ0) is 17.4. The van der Waals surface area contributed by atoms with Crippen LogP contribution in [0.2, 0.25) is 5.02 Å². The molecule has 2 saturated heterocycles. The van der Waals surface area contributed by atoms with Gasteiger partial charge in [-0.05, 0) is 31.2 Å². The second-order valence-corrected chi connectivity index (χ2v) is 6.71. The minimum absolute atomic E-state index is 0.163. The largest absolute Gasteiger partial charge is 0.347 e. The van der Waals surface area contributed by atoms with Gasteiger partial charge in [-0.3, -0.25) is 4.79 Å². The summed E-state index contributed by atoms with van der Waals surface area (Å²) < 4.78 is 13.1. The van der Waals surface area contributed by atoms with Crippen LogP contribution >= 0.6 is 11.6 Å². The van der Waals surface area contributed by atoms with Crippen LogP contribution in [0.4, 0.5) is 0 Å². The van der Waals surface area contributed by atoms with E-state index >= 15 is 0 Å². The van der Waals surface area contributed by atoms with E-state index in [0.717, 1.165) is 5.69 Å². The molecule has 2 aliphatic rings. The van der Waals surface area contributed by atoms with Crippen LogP contribution < -0.4 is 0 Å². The van der Waals surface area contributed by atoms with Gasteiger partial charge in [0.25, 0.3) is 5.91 Å². The molecule has 8 heteroatoms. The van der Waals surface area contributed by atoms with E-state index in [1.54, 1.807) is 21.7 Å². The number of piperidine rings is 1. The number of halogens is 1. The molecule has 2 fully saturated rings. The minimum atomic E-state index is -0.497. The number of hydrogen-bond acceptors (Lipinski definition) is 5. The Morgan fingerprint density at radius 1 is 1.16 bits per heavy atom. The van der Waals surface area contributed by atoms with Gasteiger partial charge in [-0.1, -0.05) is 11.6 Å². The van der Waals surface area contributed by atoms with Gasteiger partial charge in [-0.2, -0.15) is 0 Å². The molecule has 0 radical (unpaired) electrons. The summed E-state index contributed by atoms with van der Waals surface area (Å²) in [5, 5.41) is 5.03. The lowest BCUT2D eigenvalue weighted by molar-refractivity contribution is -0.181. The molecule has 25 heavy (non-hydrogen) atoms. The number of likely N-dealkylation sites (tertiary alicyclic amines) is 1. The van der Waals surface area contributed by atoms with Crippen LogP contribution in [0.1, 0.15) is 29.3 Å². The van der Waals surface area contributed by atoms with Crippen LogP contribution in [0.15, 0.2) is 24.3 Å². The van der Waals surface area contributed by atoms with E-state index < -0.39 is 5.79 Å². The second kappa shape index (κ2) is 6.40. The van der Waals surface area contributed by atoms with E-state index in [1.807, 2.05) is 19.1 Å². The molecule has 1 spiro atoms. The van der Waals surface area contributed by atoms with Crippen molar-refractivity contribution in [1.82, 2.24) is 19.7 Å². The third-order valence-electron chi connectivity index (χ3n) is 4.66. The van der Waals surface area contributed by atoms with Gasteiger partial charge < -0.3 is 14.4 Å². The smallest absolute Gasteiger partial charge is 0.293 e. The summed E-state index contributed by atoms with van der Waals surface area (Å²) in [5.41, 5.74) is 0.818. The quantitative estimate of drug-likeness (QED) is 0.819. The number of nitrogens with zero attached hydrogens (tertiary/aromatic N) is 4. The van der Waals surface area contributed by atoms with Gasteiger partial charge >= 0.3 is 0 Å². The fraction of sp³-hybridized carbons (Fsp3) is 0.471. The molecular formula is C17H19ClN4O3. The first-order valence-electron chi connectivity index (χ1n) is 8.33. The van der Waals surface area contributed by atoms with E-state index in [2.05, 4.69) is 10.1 Å². The summed E-state index contributed by atoms with van der Waals surface area (Å²) in [6, 6.07) is 7.26. The summed E-state index contributed by atoms with van der Waals surface area (Å²) in [6.45, 7) is 4.23. The number of rotatable bonds is 2.